The van der Waals surface area contributed by atoms with Crippen molar-refractivity contribution in [1.29, 1.82) is 0 Å². The Labute approximate surface area is 142 Å². The van der Waals surface area contributed by atoms with E-state index in [1.165, 1.54) is 0 Å². The van der Waals surface area contributed by atoms with Crippen molar-refractivity contribution in [1.82, 2.24) is 9.97 Å². The highest BCUT2D eigenvalue weighted by Gasteiger charge is 2.36. The molecule has 1 atom stereocenters. The van der Waals surface area contributed by atoms with Crippen LogP contribution in [0.2, 0.25) is 0 Å². The average Bonchev–Trinajstić information content (AvgIpc) is 3.13. The number of ether oxygens (including phenoxy) is 1. The smallest absolute Gasteiger partial charge is 0.133 e. The standard InChI is InChI=1S/C20H24N2O2/c1-4-9-24-18-8-6-15-10-17(7-5-16(15)11-18)20(23,14(2)3)19-12-21-13-22-19/h5-8,10-14,23H,4,9H2,1-3H3,(H,21,22). The third-order valence-electron chi connectivity index (χ3n) is 4.47. The third kappa shape index (κ3) is 2.89. The molecule has 0 spiro atoms. The molecule has 0 saturated carbocycles. The molecule has 0 aliphatic heterocycles. The lowest BCUT2D eigenvalue weighted by atomic mass is 9.80. The fraction of sp³-hybridized carbons (Fsp3) is 0.350. The second kappa shape index (κ2) is 6.65. The number of aromatic amines is 1. The van der Waals surface area contributed by atoms with Crippen LogP contribution in [0.15, 0.2) is 48.9 Å². The zero-order valence-electron chi connectivity index (χ0n) is 14.4. The fourth-order valence-electron chi connectivity index (χ4n) is 3.03. The summed E-state index contributed by atoms with van der Waals surface area (Å²) >= 11 is 0. The molecule has 1 unspecified atom stereocenters. The molecule has 0 amide bonds. The van der Waals surface area contributed by atoms with Crippen molar-refractivity contribution in [2.24, 2.45) is 5.92 Å². The molecule has 4 heteroatoms. The molecule has 0 radical (unpaired) electrons. The van der Waals surface area contributed by atoms with Gasteiger partial charge in [0.05, 0.1) is 24.8 Å². The van der Waals surface area contributed by atoms with Gasteiger partial charge in [0.25, 0.3) is 0 Å². The fourth-order valence-corrected chi connectivity index (χ4v) is 3.03. The minimum atomic E-state index is -1.10. The SMILES string of the molecule is CCCOc1ccc2cc(C(O)(c3cnc[nH]3)C(C)C)ccc2c1. The molecule has 1 aromatic heterocycles. The van der Waals surface area contributed by atoms with E-state index >= 15 is 0 Å². The lowest BCUT2D eigenvalue weighted by Crippen LogP contribution is -2.33. The zero-order chi connectivity index (χ0) is 17.2. The molecule has 0 saturated heterocycles. The minimum absolute atomic E-state index is 0.00237. The Hall–Kier alpha value is -2.33. The molecule has 4 nitrogen and oxygen atoms in total. The maximum atomic E-state index is 11.4. The summed E-state index contributed by atoms with van der Waals surface area (Å²) in [6, 6.07) is 12.1. The van der Waals surface area contributed by atoms with Crippen LogP contribution in [0.4, 0.5) is 0 Å². The second-order valence-corrected chi connectivity index (χ2v) is 6.46. The number of nitrogens with zero attached hydrogens (tertiary/aromatic N) is 1. The van der Waals surface area contributed by atoms with Crippen LogP contribution in [0.1, 0.15) is 38.4 Å². The summed E-state index contributed by atoms with van der Waals surface area (Å²) in [7, 11) is 0. The summed E-state index contributed by atoms with van der Waals surface area (Å²) in [4.78, 5) is 7.12. The van der Waals surface area contributed by atoms with Crippen LogP contribution in [-0.4, -0.2) is 21.7 Å². The minimum Gasteiger partial charge on any atom is -0.494 e. The predicted octanol–water partition coefficient (Wildman–Crippen LogP) is 4.24. The quantitative estimate of drug-likeness (QED) is 0.713. The average molecular weight is 324 g/mol. The topological polar surface area (TPSA) is 58.1 Å². The predicted molar refractivity (Wildman–Crippen MR) is 96.2 cm³/mol. The Morgan fingerprint density at radius 1 is 1.17 bits per heavy atom. The van der Waals surface area contributed by atoms with E-state index in [4.69, 9.17) is 4.74 Å². The van der Waals surface area contributed by atoms with Gasteiger partial charge in [-0.3, -0.25) is 0 Å². The number of hydrogen-bond donors (Lipinski definition) is 2. The van der Waals surface area contributed by atoms with Crippen LogP contribution in [0.3, 0.4) is 0 Å². The van der Waals surface area contributed by atoms with Crippen LogP contribution >= 0.6 is 0 Å². The first kappa shape index (κ1) is 16.5. The molecule has 3 aromatic rings. The Kier molecular flexibility index (Phi) is 4.58. The summed E-state index contributed by atoms with van der Waals surface area (Å²) in [6.07, 6.45) is 4.27. The molecular formula is C20H24N2O2. The van der Waals surface area contributed by atoms with Gasteiger partial charge in [0.1, 0.15) is 11.4 Å². The molecule has 3 rings (SSSR count). The number of H-pyrrole nitrogens is 1. The Bertz CT molecular complexity index is 812. The maximum Gasteiger partial charge on any atom is 0.133 e. The van der Waals surface area contributed by atoms with Crippen molar-refractivity contribution in [2.45, 2.75) is 32.8 Å². The lowest BCUT2D eigenvalue weighted by Gasteiger charge is -2.32. The van der Waals surface area contributed by atoms with Gasteiger partial charge in [0, 0.05) is 0 Å². The zero-order valence-corrected chi connectivity index (χ0v) is 14.4. The van der Waals surface area contributed by atoms with Gasteiger partial charge < -0.3 is 14.8 Å². The van der Waals surface area contributed by atoms with E-state index in [-0.39, 0.29) is 5.92 Å². The normalized spacial score (nSPS) is 14.0. The summed E-state index contributed by atoms with van der Waals surface area (Å²) in [6.45, 7) is 6.82. The van der Waals surface area contributed by atoms with Crippen LogP contribution < -0.4 is 4.74 Å². The first-order valence-electron chi connectivity index (χ1n) is 8.44. The summed E-state index contributed by atoms with van der Waals surface area (Å²) < 4.78 is 5.70. The van der Waals surface area contributed by atoms with Crippen molar-refractivity contribution in [2.75, 3.05) is 6.61 Å². The van der Waals surface area contributed by atoms with Gasteiger partial charge in [-0.1, -0.05) is 39.0 Å². The highest BCUT2D eigenvalue weighted by atomic mass is 16.5. The molecule has 0 bridgehead atoms. The Morgan fingerprint density at radius 2 is 1.92 bits per heavy atom. The van der Waals surface area contributed by atoms with Crippen molar-refractivity contribution in [3.63, 3.8) is 0 Å². The van der Waals surface area contributed by atoms with Gasteiger partial charge in [-0.15, -0.1) is 0 Å². The van der Waals surface area contributed by atoms with Crippen LogP contribution in [0.5, 0.6) is 5.75 Å². The Balaban J connectivity index is 2.03. The molecule has 24 heavy (non-hydrogen) atoms. The van der Waals surface area contributed by atoms with E-state index in [0.717, 1.165) is 35.1 Å². The van der Waals surface area contributed by atoms with Crippen LogP contribution in [0, 0.1) is 5.92 Å². The molecule has 0 fully saturated rings. The molecule has 0 aliphatic rings. The van der Waals surface area contributed by atoms with Crippen molar-refractivity contribution in [3.05, 3.63) is 60.2 Å². The van der Waals surface area contributed by atoms with E-state index in [9.17, 15) is 5.11 Å². The summed E-state index contributed by atoms with van der Waals surface area (Å²) in [5.74, 6) is 0.882. The molecule has 2 N–H and O–H groups in total. The van der Waals surface area contributed by atoms with Gasteiger partial charge in [-0.05, 0) is 46.9 Å². The van der Waals surface area contributed by atoms with Crippen molar-refractivity contribution < 1.29 is 9.84 Å². The number of aromatic nitrogens is 2. The van der Waals surface area contributed by atoms with Gasteiger partial charge in [0.15, 0.2) is 0 Å². The van der Waals surface area contributed by atoms with Crippen molar-refractivity contribution >= 4 is 10.8 Å². The van der Waals surface area contributed by atoms with E-state index in [2.05, 4.69) is 16.9 Å². The van der Waals surface area contributed by atoms with Crippen LogP contribution in [-0.2, 0) is 5.60 Å². The maximum absolute atomic E-state index is 11.4. The molecule has 1 heterocycles. The van der Waals surface area contributed by atoms with Crippen molar-refractivity contribution in [3.8, 4) is 5.75 Å². The van der Waals surface area contributed by atoms with E-state index in [0.29, 0.717) is 5.69 Å². The van der Waals surface area contributed by atoms with E-state index < -0.39 is 5.60 Å². The largest absolute Gasteiger partial charge is 0.494 e. The number of fused-ring (bicyclic) bond motifs is 1. The summed E-state index contributed by atoms with van der Waals surface area (Å²) in [5.41, 5.74) is 0.471. The lowest BCUT2D eigenvalue weighted by molar-refractivity contribution is 0.0281. The van der Waals surface area contributed by atoms with E-state index in [1.807, 2.05) is 50.2 Å². The number of benzene rings is 2. The number of hydrogen-bond acceptors (Lipinski definition) is 3. The highest BCUT2D eigenvalue weighted by molar-refractivity contribution is 5.84. The Morgan fingerprint density at radius 3 is 2.58 bits per heavy atom. The van der Waals surface area contributed by atoms with Gasteiger partial charge in [0.2, 0.25) is 0 Å². The van der Waals surface area contributed by atoms with Crippen LogP contribution in [0.25, 0.3) is 10.8 Å². The monoisotopic (exact) mass is 324 g/mol. The third-order valence-corrected chi connectivity index (χ3v) is 4.47. The second-order valence-electron chi connectivity index (χ2n) is 6.46. The molecule has 0 aliphatic carbocycles. The highest BCUT2D eigenvalue weighted by Crippen LogP contribution is 2.37. The van der Waals surface area contributed by atoms with Gasteiger partial charge in [-0.25, -0.2) is 4.98 Å². The van der Waals surface area contributed by atoms with Gasteiger partial charge >= 0.3 is 0 Å². The van der Waals surface area contributed by atoms with Gasteiger partial charge in [-0.2, -0.15) is 0 Å². The first-order chi connectivity index (χ1) is 11.6. The van der Waals surface area contributed by atoms with E-state index in [1.54, 1.807) is 12.5 Å². The number of rotatable bonds is 6. The first-order valence-corrected chi connectivity index (χ1v) is 8.44. The molecule has 2 aromatic carbocycles. The molecule has 126 valence electrons. The number of imidazole rings is 1. The number of aliphatic hydroxyl groups is 1. The molecular weight excluding hydrogens is 300 g/mol. The summed E-state index contributed by atoms with van der Waals surface area (Å²) in [5, 5.41) is 13.5. The number of nitrogens with one attached hydrogen (secondary N) is 1.